The first kappa shape index (κ1) is 10.9. The summed E-state index contributed by atoms with van der Waals surface area (Å²) in [5, 5.41) is 3.87. The van der Waals surface area contributed by atoms with Gasteiger partial charge < -0.3 is 15.4 Å². The molecule has 1 atom stereocenters. The third kappa shape index (κ3) is 2.30. The van der Waals surface area contributed by atoms with Crippen LogP contribution < -0.4 is 5.73 Å². The average molecular weight is 225 g/mol. The van der Waals surface area contributed by atoms with E-state index in [0.29, 0.717) is 6.54 Å². The number of hydrogen-bond acceptors (Lipinski definition) is 5. The molecule has 1 amide bonds. The molecule has 7 heteroatoms. The summed E-state index contributed by atoms with van der Waals surface area (Å²) in [6, 6.07) is 0. The summed E-state index contributed by atoms with van der Waals surface area (Å²) in [5.74, 6) is 0.202. The summed E-state index contributed by atoms with van der Waals surface area (Å²) < 4.78 is 6.64. The first-order chi connectivity index (χ1) is 7.69. The number of methoxy groups -OCH3 is 1. The lowest BCUT2D eigenvalue weighted by Crippen LogP contribution is -2.33. The van der Waals surface area contributed by atoms with Crippen LogP contribution in [0.15, 0.2) is 6.33 Å². The SMILES string of the molecule is COC1CCN(C(=O)Cn2cnc(N)n2)C1. The van der Waals surface area contributed by atoms with Crippen molar-refractivity contribution in [1.82, 2.24) is 19.7 Å². The molecular formula is C9H15N5O2. The van der Waals surface area contributed by atoms with Crippen LogP contribution in [0.2, 0.25) is 0 Å². The molecule has 2 heterocycles. The Hall–Kier alpha value is -1.63. The highest BCUT2D eigenvalue weighted by Gasteiger charge is 2.26. The van der Waals surface area contributed by atoms with Gasteiger partial charge in [0.15, 0.2) is 0 Å². The number of anilines is 1. The third-order valence-electron chi connectivity index (χ3n) is 2.68. The zero-order valence-corrected chi connectivity index (χ0v) is 9.17. The van der Waals surface area contributed by atoms with E-state index in [1.165, 1.54) is 11.0 Å². The van der Waals surface area contributed by atoms with Crippen LogP contribution in [-0.4, -0.2) is 51.9 Å². The van der Waals surface area contributed by atoms with Gasteiger partial charge in [-0.1, -0.05) is 0 Å². The molecule has 0 aromatic carbocycles. The fraction of sp³-hybridized carbons (Fsp3) is 0.667. The summed E-state index contributed by atoms with van der Waals surface area (Å²) in [7, 11) is 1.66. The fourth-order valence-corrected chi connectivity index (χ4v) is 1.77. The largest absolute Gasteiger partial charge is 0.380 e. The first-order valence-corrected chi connectivity index (χ1v) is 5.14. The summed E-state index contributed by atoms with van der Waals surface area (Å²) >= 11 is 0. The molecule has 2 rings (SSSR count). The second-order valence-electron chi connectivity index (χ2n) is 3.79. The van der Waals surface area contributed by atoms with Crippen molar-refractivity contribution in [2.45, 2.75) is 19.1 Å². The molecule has 0 bridgehead atoms. The Morgan fingerprint density at radius 1 is 1.75 bits per heavy atom. The van der Waals surface area contributed by atoms with Crippen molar-refractivity contribution in [3.63, 3.8) is 0 Å². The maximum atomic E-state index is 11.8. The number of nitrogens with two attached hydrogens (primary N) is 1. The predicted octanol–water partition coefficient (Wildman–Crippen LogP) is -0.892. The molecule has 1 aromatic rings. The van der Waals surface area contributed by atoms with E-state index in [4.69, 9.17) is 10.5 Å². The van der Waals surface area contributed by atoms with Crippen molar-refractivity contribution < 1.29 is 9.53 Å². The first-order valence-electron chi connectivity index (χ1n) is 5.14. The van der Waals surface area contributed by atoms with Crippen LogP contribution in [0.25, 0.3) is 0 Å². The number of likely N-dealkylation sites (tertiary alicyclic amines) is 1. The topological polar surface area (TPSA) is 86.3 Å². The lowest BCUT2D eigenvalue weighted by Gasteiger charge is -2.15. The van der Waals surface area contributed by atoms with Gasteiger partial charge in [-0.05, 0) is 6.42 Å². The van der Waals surface area contributed by atoms with Crippen molar-refractivity contribution in [1.29, 1.82) is 0 Å². The minimum Gasteiger partial charge on any atom is -0.380 e. The molecule has 1 aliphatic heterocycles. The van der Waals surface area contributed by atoms with Gasteiger partial charge in [0, 0.05) is 20.2 Å². The molecule has 88 valence electrons. The van der Waals surface area contributed by atoms with Crippen LogP contribution in [0, 0.1) is 0 Å². The predicted molar refractivity (Wildman–Crippen MR) is 56.4 cm³/mol. The van der Waals surface area contributed by atoms with Crippen molar-refractivity contribution in [2.75, 3.05) is 25.9 Å². The minimum absolute atomic E-state index is 0.0180. The number of carbonyl (C=O) groups excluding carboxylic acids is 1. The molecule has 0 radical (unpaired) electrons. The zero-order valence-electron chi connectivity index (χ0n) is 9.17. The monoisotopic (exact) mass is 225 g/mol. The summed E-state index contributed by atoms with van der Waals surface area (Å²) in [6.07, 6.45) is 2.50. The Morgan fingerprint density at radius 2 is 2.56 bits per heavy atom. The number of aromatic nitrogens is 3. The fourth-order valence-electron chi connectivity index (χ4n) is 1.77. The number of ether oxygens (including phenoxy) is 1. The molecule has 0 aliphatic carbocycles. The minimum atomic E-state index is 0.0180. The summed E-state index contributed by atoms with van der Waals surface area (Å²) in [4.78, 5) is 17.4. The second kappa shape index (κ2) is 4.48. The molecule has 1 unspecified atom stereocenters. The maximum Gasteiger partial charge on any atom is 0.244 e. The lowest BCUT2D eigenvalue weighted by molar-refractivity contribution is -0.131. The number of nitrogen functional groups attached to an aromatic ring is 1. The Morgan fingerprint density at radius 3 is 3.12 bits per heavy atom. The van der Waals surface area contributed by atoms with Crippen LogP contribution >= 0.6 is 0 Å². The van der Waals surface area contributed by atoms with Crippen LogP contribution in [0.1, 0.15) is 6.42 Å². The van der Waals surface area contributed by atoms with Crippen LogP contribution in [0.5, 0.6) is 0 Å². The van der Waals surface area contributed by atoms with Gasteiger partial charge in [-0.15, -0.1) is 5.10 Å². The van der Waals surface area contributed by atoms with E-state index in [2.05, 4.69) is 10.1 Å². The van der Waals surface area contributed by atoms with Gasteiger partial charge in [0.1, 0.15) is 12.9 Å². The molecule has 1 saturated heterocycles. The Labute approximate surface area is 93.2 Å². The van der Waals surface area contributed by atoms with Crippen molar-refractivity contribution in [3.05, 3.63) is 6.33 Å². The lowest BCUT2D eigenvalue weighted by atomic mass is 10.3. The van der Waals surface area contributed by atoms with E-state index >= 15 is 0 Å². The van der Waals surface area contributed by atoms with Crippen molar-refractivity contribution >= 4 is 11.9 Å². The summed E-state index contributed by atoms with van der Waals surface area (Å²) in [5.41, 5.74) is 5.36. The summed E-state index contributed by atoms with van der Waals surface area (Å²) in [6.45, 7) is 1.57. The van der Waals surface area contributed by atoms with Crippen LogP contribution in [-0.2, 0) is 16.1 Å². The molecular weight excluding hydrogens is 210 g/mol. The van der Waals surface area contributed by atoms with Crippen LogP contribution in [0.3, 0.4) is 0 Å². The molecule has 0 saturated carbocycles. The third-order valence-corrected chi connectivity index (χ3v) is 2.68. The standard InChI is InChI=1S/C9H15N5O2/c1-16-7-2-3-13(4-7)8(15)5-14-6-11-9(10)12-14/h6-7H,2-5H2,1H3,(H2,10,12). The van der Waals surface area contributed by atoms with E-state index in [9.17, 15) is 4.79 Å². The number of hydrogen-bond donors (Lipinski definition) is 1. The van der Waals surface area contributed by atoms with E-state index in [0.717, 1.165) is 13.0 Å². The highest BCUT2D eigenvalue weighted by Crippen LogP contribution is 2.12. The van der Waals surface area contributed by atoms with Crippen molar-refractivity contribution in [3.8, 4) is 0 Å². The van der Waals surface area contributed by atoms with Gasteiger partial charge in [0.25, 0.3) is 0 Å². The van der Waals surface area contributed by atoms with Gasteiger partial charge >= 0.3 is 0 Å². The highest BCUT2D eigenvalue weighted by atomic mass is 16.5. The molecule has 2 N–H and O–H groups in total. The smallest absolute Gasteiger partial charge is 0.244 e. The van der Waals surface area contributed by atoms with E-state index in [-0.39, 0.29) is 24.5 Å². The number of amides is 1. The maximum absolute atomic E-state index is 11.8. The molecule has 16 heavy (non-hydrogen) atoms. The van der Waals surface area contributed by atoms with E-state index in [1.54, 1.807) is 12.0 Å². The normalized spacial score (nSPS) is 20.3. The Bertz CT molecular complexity index is 378. The Kier molecular flexibility index (Phi) is 3.04. The molecule has 1 aromatic heterocycles. The van der Waals surface area contributed by atoms with Gasteiger partial charge in [-0.2, -0.15) is 0 Å². The van der Waals surface area contributed by atoms with E-state index < -0.39 is 0 Å². The zero-order chi connectivity index (χ0) is 11.5. The van der Waals surface area contributed by atoms with Gasteiger partial charge in [-0.3, -0.25) is 4.79 Å². The molecule has 1 fully saturated rings. The second-order valence-corrected chi connectivity index (χ2v) is 3.79. The van der Waals surface area contributed by atoms with E-state index in [1.807, 2.05) is 0 Å². The number of rotatable bonds is 3. The Balaban J connectivity index is 1.89. The van der Waals surface area contributed by atoms with Gasteiger partial charge in [-0.25, -0.2) is 9.67 Å². The molecule has 0 spiro atoms. The number of nitrogens with zero attached hydrogens (tertiary/aromatic N) is 4. The van der Waals surface area contributed by atoms with Gasteiger partial charge in [0.05, 0.1) is 6.10 Å². The van der Waals surface area contributed by atoms with Crippen molar-refractivity contribution in [2.24, 2.45) is 0 Å². The highest BCUT2D eigenvalue weighted by molar-refractivity contribution is 5.76. The quantitative estimate of drug-likeness (QED) is 0.721. The van der Waals surface area contributed by atoms with Gasteiger partial charge in [0.2, 0.25) is 11.9 Å². The van der Waals surface area contributed by atoms with Crippen LogP contribution in [0.4, 0.5) is 5.95 Å². The molecule has 1 aliphatic rings. The number of carbonyl (C=O) groups is 1. The average Bonchev–Trinajstić information content (AvgIpc) is 2.87. The molecule has 7 nitrogen and oxygen atoms in total.